The first-order chi connectivity index (χ1) is 17.2. The summed E-state index contributed by atoms with van der Waals surface area (Å²) in [4.78, 5) is 11.9. The Hall–Kier alpha value is -1.65. The third kappa shape index (κ3) is 26.8. The van der Waals surface area contributed by atoms with Crippen molar-refractivity contribution in [3.05, 3.63) is 48.6 Å². The molecule has 0 aliphatic carbocycles. The number of esters is 1. The second kappa shape index (κ2) is 28.6. The van der Waals surface area contributed by atoms with Crippen LogP contribution in [0.5, 0.6) is 0 Å². The first-order valence-electron chi connectivity index (χ1n) is 14.2. The second-order valence-electron chi connectivity index (χ2n) is 9.09. The Morgan fingerprint density at radius 2 is 1.29 bits per heavy atom. The third-order valence-corrected chi connectivity index (χ3v) is 5.67. The van der Waals surface area contributed by atoms with E-state index in [4.69, 9.17) is 9.47 Å². The van der Waals surface area contributed by atoms with Crippen molar-refractivity contribution in [1.82, 2.24) is 0 Å². The van der Waals surface area contributed by atoms with Gasteiger partial charge in [-0.2, -0.15) is 0 Å². The van der Waals surface area contributed by atoms with Crippen molar-refractivity contribution in [2.45, 2.75) is 123 Å². The zero-order valence-electron chi connectivity index (χ0n) is 22.8. The highest BCUT2D eigenvalue weighted by Crippen LogP contribution is 2.08. The monoisotopic (exact) mass is 490 g/mol. The van der Waals surface area contributed by atoms with E-state index in [0.29, 0.717) is 13.0 Å². The fourth-order valence-electron chi connectivity index (χ4n) is 3.55. The molecule has 35 heavy (non-hydrogen) atoms. The molecule has 0 bridgehead atoms. The molecule has 202 valence electrons. The van der Waals surface area contributed by atoms with Crippen molar-refractivity contribution in [2.24, 2.45) is 0 Å². The summed E-state index contributed by atoms with van der Waals surface area (Å²) in [6.07, 6.45) is 34.5. The lowest BCUT2D eigenvalue weighted by molar-refractivity contribution is -0.154. The molecule has 4 nitrogen and oxygen atoms in total. The van der Waals surface area contributed by atoms with Crippen molar-refractivity contribution in [3.8, 4) is 0 Å². The van der Waals surface area contributed by atoms with E-state index in [1.807, 2.05) is 0 Å². The van der Waals surface area contributed by atoms with Crippen LogP contribution in [-0.4, -0.2) is 37.0 Å². The van der Waals surface area contributed by atoms with Crippen LogP contribution in [0, 0.1) is 0 Å². The third-order valence-electron chi connectivity index (χ3n) is 5.67. The van der Waals surface area contributed by atoms with Crippen LogP contribution in [0.1, 0.15) is 117 Å². The van der Waals surface area contributed by atoms with Gasteiger partial charge in [-0.1, -0.05) is 107 Å². The first-order valence-corrected chi connectivity index (χ1v) is 14.2. The van der Waals surface area contributed by atoms with Crippen LogP contribution >= 0.6 is 0 Å². The maximum Gasteiger partial charge on any atom is 0.306 e. The lowest BCUT2D eigenvalue weighted by Crippen LogP contribution is -2.27. The van der Waals surface area contributed by atoms with Gasteiger partial charge in [0.25, 0.3) is 0 Å². The normalized spacial score (nSPS) is 13.1. The number of aliphatic hydroxyl groups excluding tert-OH is 1. The molecular formula is C31H54O4. The molecule has 0 aromatic carbocycles. The van der Waals surface area contributed by atoms with Gasteiger partial charge in [0.15, 0.2) is 0 Å². The summed E-state index contributed by atoms with van der Waals surface area (Å²) in [6, 6.07) is 0. The Kier molecular flexibility index (Phi) is 27.2. The molecule has 0 aromatic rings. The predicted octanol–water partition coefficient (Wildman–Crippen LogP) is 8.41. The molecule has 0 saturated carbocycles. The summed E-state index contributed by atoms with van der Waals surface area (Å²) in [5.74, 6) is -0.225. The van der Waals surface area contributed by atoms with E-state index in [9.17, 15) is 9.90 Å². The summed E-state index contributed by atoms with van der Waals surface area (Å²) in [6.45, 7) is 5.09. The van der Waals surface area contributed by atoms with E-state index >= 15 is 0 Å². The lowest BCUT2D eigenvalue weighted by Gasteiger charge is -2.15. The van der Waals surface area contributed by atoms with Crippen LogP contribution in [0.3, 0.4) is 0 Å². The largest absolute Gasteiger partial charge is 0.457 e. The van der Waals surface area contributed by atoms with Gasteiger partial charge in [-0.3, -0.25) is 4.79 Å². The minimum atomic E-state index is -0.538. The number of unbranched alkanes of at least 4 members (excludes halogenated alkanes) is 9. The average molecular weight is 491 g/mol. The standard InChI is InChI=1S/C31H54O4/c1-3-5-7-9-10-11-12-13-14-15-16-17-18-19-20-21-23-25-27-34-29-30(28-32)35-31(33)26-24-22-8-6-4-2/h5,7,10-11,13-14,16-17,30,32H,3-4,6,8-9,12,15,18-29H2,1-2H3/b7-5-,11-10-,14-13-,17-16-. The van der Waals surface area contributed by atoms with Gasteiger partial charge < -0.3 is 14.6 Å². The fourth-order valence-corrected chi connectivity index (χ4v) is 3.55. The molecule has 0 spiro atoms. The molecule has 0 amide bonds. The zero-order chi connectivity index (χ0) is 25.7. The van der Waals surface area contributed by atoms with Gasteiger partial charge in [-0.15, -0.1) is 0 Å². The topological polar surface area (TPSA) is 55.8 Å². The van der Waals surface area contributed by atoms with Crippen LogP contribution < -0.4 is 0 Å². The maximum atomic E-state index is 11.9. The van der Waals surface area contributed by atoms with Crippen molar-refractivity contribution in [3.63, 3.8) is 0 Å². The number of carbonyl (C=O) groups is 1. The van der Waals surface area contributed by atoms with E-state index in [0.717, 1.165) is 57.8 Å². The summed E-state index contributed by atoms with van der Waals surface area (Å²) < 4.78 is 10.9. The van der Waals surface area contributed by atoms with Crippen LogP contribution in [-0.2, 0) is 14.3 Å². The predicted molar refractivity (Wildman–Crippen MR) is 150 cm³/mol. The SMILES string of the molecule is CC/C=C\C/C=C\C/C=C\C/C=C\CCCCCCCOCC(CO)OC(=O)CCCCCCC. The molecule has 4 heteroatoms. The number of aliphatic hydroxyl groups is 1. The van der Waals surface area contributed by atoms with Gasteiger partial charge in [0, 0.05) is 13.0 Å². The number of hydrogen-bond acceptors (Lipinski definition) is 4. The van der Waals surface area contributed by atoms with Gasteiger partial charge in [-0.25, -0.2) is 0 Å². The molecule has 0 aliphatic heterocycles. The van der Waals surface area contributed by atoms with Crippen LogP contribution in [0.15, 0.2) is 48.6 Å². The van der Waals surface area contributed by atoms with Gasteiger partial charge in [-0.05, 0) is 51.4 Å². The summed E-state index contributed by atoms with van der Waals surface area (Å²) in [5, 5.41) is 9.40. The Morgan fingerprint density at radius 1 is 0.714 bits per heavy atom. The quantitative estimate of drug-likeness (QED) is 0.0792. The average Bonchev–Trinajstić information content (AvgIpc) is 2.86. The Labute approximate surface area is 216 Å². The molecule has 0 radical (unpaired) electrons. The van der Waals surface area contributed by atoms with E-state index < -0.39 is 6.10 Å². The Bertz CT molecular complexity index is 562. The number of ether oxygens (including phenoxy) is 2. The molecule has 0 rings (SSSR count). The fraction of sp³-hybridized carbons (Fsp3) is 0.710. The minimum absolute atomic E-state index is 0.182. The van der Waals surface area contributed by atoms with Crippen molar-refractivity contribution in [2.75, 3.05) is 19.8 Å². The van der Waals surface area contributed by atoms with Crippen molar-refractivity contribution in [1.29, 1.82) is 0 Å². The summed E-state index contributed by atoms with van der Waals surface area (Å²) in [5.41, 5.74) is 0. The molecule has 0 saturated heterocycles. The minimum Gasteiger partial charge on any atom is -0.457 e. The molecule has 0 heterocycles. The van der Waals surface area contributed by atoms with E-state index in [-0.39, 0.29) is 19.2 Å². The van der Waals surface area contributed by atoms with Crippen molar-refractivity contribution < 1.29 is 19.4 Å². The van der Waals surface area contributed by atoms with Crippen LogP contribution in [0.25, 0.3) is 0 Å². The highest BCUT2D eigenvalue weighted by Gasteiger charge is 2.13. The second-order valence-corrected chi connectivity index (χ2v) is 9.09. The van der Waals surface area contributed by atoms with Gasteiger partial charge in [0.1, 0.15) is 6.10 Å². The Balaban J connectivity index is 3.50. The number of allylic oxidation sites excluding steroid dienone is 8. The van der Waals surface area contributed by atoms with E-state index in [1.54, 1.807) is 0 Å². The summed E-state index contributed by atoms with van der Waals surface area (Å²) in [7, 11) is 0. The van der Waals surface area contributed by atoms with Crippen molar-refractivity contribution >= 4 is 5.97 Å². The van der Waals surface area contributed by atoms with E-state index in [2.05, 4.69) is 62.5 Å². The van der Waals surface area contributed by atoms with Gasteiger partial charge >= 0.3 is 5.97 Å². The molecule has 1 N–H and O–H groups in total. The highest BCUT2D eigenvalue weighted by molar-refractivity contribution is 5.69. The molecule has 0 aromatic heterocycles. The number of carbonyl (C=O) groups excluding carboxylic acids is 1. The zero-order valence-corrected chi connectivity index (χ0v) is 22.8. The van der Waals surface area contributed by atoms with Crippen LogP contribution in [0.4, 0.5) is 0 Å². The highest BCUT2D eigenvalue weighted by atomic mass is 16.6. The van der Waals surface area contributed by atoms with Gasteiger partial charge in [0.05, 0.1) is 13.2 Å². The van der Waals surface area contributed by atoms with Gasteiger partial charge in [0.2, 0.25) is 0 Å². The first kappa shape index (κ1) is 33.4. The Morgan fingerprint density at radius 3 is 1.94 bits per heavy atom. The number of rotatable bonds is 25. The molecule has 1 unspecified atom stereocenters. The maximum absolute atomic E-state index is 11.9. The molecule has 1 atom stereocenters. The summed E-state index contributed by atoms with van der Waals surface area (Å²) >= 11 is 0. The smallest absolute Gasteiger partial charge is 0.306 e. The van der Waals surface area contributed by atoms with Crippen LogP contribution in [0.2, 0.25) is 0 Å². The molecule has 0 aliphatic rings. The molecule has 0 fully saturated rings. The van der Waals surface area contributed by atoms with E-state index in [1.165, 1.54) is 38.5 Å². The molecular weight excluding hydrogens is 436 g/mol. The lowest BCUT2D eigenvalue weighted by atomic mass is 10.1. The number of hydrogen-bond donors (Lipinski definition) is 1.